The molecule has 3 atom stereocenters. The fraction of sp³-hybridized carbons (Fsp3) is 0.458. The fourth-order valence-electron chi connectivity index (χ4n) is 5.07. The third kappa shape index (κ3) is 4.45. The van der Waals surface area contributed by atoms with Crippen molar-refractivity contribution in [3.8, 4) is 0 Å². The highest BCUT2D eigenvalue weighted by atomic mass is 16.1. The van der Waals surface area contributed by atoms with Crippen LogP contribution in [0.3, 0.4) is 0 Å². The second kappa shape index (κ2) is 8.89. The zero-order valence-corrected chi connectivity index (χ0v) is 16.5. The Balaban J connectivity index is 1.26. The Hall–Kier alpha value is -2.17. The molecule has 2 aromatic carbocycles. The third-order valence-electron chi connectivity index (χ3n) is 6.47. The molecule has 2 bridgehead atoms. The number of carbonyl (C=O) groups is 1. The molecule has 3 N–H and O–H groups in total. The number of piperidine rings is 1. The molecule has 0 unspecified atom stereocenters. The molecule has 0 aliphatic carbocycles. The Kier molecular flexibility index (Phi) is 6.08. The summed E-state index contributed by atoms with van der Waals surface area (Å²) in [5, 5.41) is 3.57. The van der Waals surface area contributed by atoms with Crippen LogP contribution in [0.5, 0.6) is 0 Å². The van der Waals surface area contributed by atoms with E-state index in [-0.39, 0.29) is 5.91 Å². The Morgan fingerprint density at radius 3 is 2.50 bits per heavy atom. The Morgan fingerprint density at radius 2 is 1.79 bits per heavy atom. The first-order valence-corrected chi connectivity index (χ1v) is 10.6. The number of nitrogens with one attached hydrogen (secondary N) is 1. The van der Waals surface area contributed by atoms with Crippen molar-refractivity contribution in [2.45, 2.75) is 56.7 Å². The fourth-order valence-corrected chi connectivity index (χ4v) is 5.07. The van der Waals surface area contributed by atoms with Gasteiger partial charge in [0.15, 0.2) is 0 Å². The maximum atomic E-state index is 11.5. The summed E-state index contributed by atoms with van der Waals surface area (Å²) in [6.07, 6.45) is 6.23. The van der Waals surface area contributed by atoms with Gasteiger partial charge in [0, 0.05) is 24.2 Å². The van der Waals surface area contributed by atoms with Crippen molar-refractivity contribution >= 4 is 5.91 Å². The first-order valence-electron chi connectivity index (χ1n) is 10.6. The van der Waals surface area contributed by atoms with E-state index in [2.05, 4.69) is 46.6 Å². The van der Waals surface area contributed by atoms with Crippen molar-refractivity contribution in [1.29, 1.82) is 0 Å². The van der Waals surface area contributed by atoms with Crippen LogP contribution in [0.25, 0.3) is 0 Å². The zero-order chi connectivity index (χ0) is 19.3. The minimum absolute atomic E-state index is 0.328. The van der Waals surface area contributed by atoms with E-state index >= 15 is 0 Å². The number of nitrogens with two attached hydrogens (primary N) is 1. The van der Waals surface area contributed by atoms with Gasteiger partial charge < -0.3 is 11.1 Å². The van der Waals surface area contributed by atoms with Gasteiger partial charge in [-0.25, -0.2) is 0 Å². The Labute approximate surface area is 168 Å². The zero-order valence-electron chi connectivity index (χ0n) is 16.5. The molecule has 2 aromatic rings. The Morgan fingerprint density at radius 1 is 1.04 bits per heavy atom. The number of hydrogen-bond donors (Lipinski definition) is 2. The molecular weight excluding hydrogens is 346 g/mol. The molecule has 0 aromatic heterocycles. The normalized spacial score (nSPS) is 24.4. The van der Waals surface area contributed by atoms with Gasteiger partial charge in [0.2, 0.25) is 5.91 Å². The quantitative estimate of drug-likeness (QED) is 0.690. The van der Waals surface area contributed by atoms with Gasteiger partial charge in [-0.05, 0) is 74.4 Å². The van der Waals surface area contributed by atoms with Crippen LogP contribution in [-0.4, -0.2) is 36.0 Å². The van der Waals surface area contributed by atoms with Crippen LogP contribution in [0.2, 0.25) is 0 Å². The SMILES string of the molecule is NC(=O)c1cccc([C@H]2C[C@H]3CC[C@@H](C2)N3CCCNCc2ccccc2)c1. The summed E-state index contributed by atoms with van der Waals surface area (Å²) in [5.41, 5.74) is 8.74. The van der Waals surface area contributed by atoms with Gasteiger partial charge in [-0.15, -0.1) is 0 Å². The molecule has 0 spiro atoms. The first-order chi connectivity index (χ1) is 13.7. The molecule has 2 heterocycles. The summed E-state index contributed by atoms with van der Waals surface area (Å²) >= 11 is 0. The number of fused-ring (bicyclic) bond motifs is 2. The topological polar surface area (TPSA) is 58.4 Å². The molecular formula is C24H31N3O. The summed E-state index contributed by atoms with van der Waals surface area (Å²) in [6, 6.07) is 19.9. The van der Waals surface area contributed by atoms with E-state index in [0.29, 0.717) is 23.6 Å². The maximum Gasteiger partial charge on any atom is 0.248 e. The minimum atomic E-state index is -0.328. The molecule has 4 rings (SSSR count). The highest BCUT2D eigenvalue weighted by Gasteiger charge is 2.40. The molecule has 2 fully saturated rings. The van der Waals surface area contributed by atoms with Gasteiger partial charge in [0.1, 0.15) is 0 Å². The van der Waals surface area contributed by atoms with Crippen molar-refractivity contribution < 1.29 is 4.79 Å². The average Bonchev–Trinajstić information content (AvgIpc) is 2.95. The Bertz CT molecular complexity index is 777. The van der Waals surface area contributed by atoms with Crippen LogP contribution in [0.15, 0.2) is 54.6 Å². The predicted molar refractivity (Wildman–Crippen MR) is 113 cm³/mol. The van der Waals surface area contributed by atoms with E-state index in [9.17, 15) is 4.79 Å². The van der Waals surface area contributed by atoms with E-state index in [4.69, 9.17) is 5.73 Å². The number of nitrogens with zero attached hydrogens (tertiary/aromatic N) is 1. The number of rotatable bonds is 8. The molecule has 28 heavy (non-hydrogen) atoms. The summed E-state index contributed by atoms with van der Waals surface area (Å²) in [4.78, 5) is 14.2. The lowest BCUT2D eigenvalue weighted by Gasteiger charge is -2.39. The number of hydrogen-bond acceptors (Lipinski definition) is 3. The van der Waals surface area contributed by atoms with E-state index in [0.717, 1.165) is 13.1 Å². The van der Waals surface area contributed by atoms with Crippen LogP contribution >= 0.6 is 0 Å². The first kappa shape index (κ1) is 19.2. The van der Waals surface area contributed by atoms with Crippen molar-refractivity contribution in [3.05, 3.63) is 71.3 Å². The number of carbonyl (C=O) groups excluding carboxylic acids is 1. The predicted octanol–water partition coefficient (Wildman–Crippen LogP) is 3.68. The number of primary amides is 1. The minimum Gasteiger partial charge on any atom is -0.366 e. The summed E-state index contributed by atoms with van der Waals surface area (Å²) < 4.78 is 0. The van der Waals surface area contributed by atoms with Crippen LogP contribution < -0.4 is 11.1 Å². The summed E-state index contributed by atoms with van der Waals surface area (Å²) in [7, 11) is 0. The molecule has 1 amide bonds. The average molecular weight is 378 g/mol. The van der Waals surface area contributed by atoms with E-state index in [1.807, 2.05) is 18.2 Å². The van der Waals surface area contributed by atoms with Crippen molar-refractivity contribution in [2.24, 2.45) is 5.73 Å². The number of amides is 1. The van der Waals surface area contributed by atoms with Gasteiger partial charge in [0.25, 0.3) is 0 Å². The van der Waals surface area contributed by atoms with Crippen LogP contribution in [0.1, 0.15) is 59.5 Å². The standard InChI is InChI=1S/C24H31N3O/c25-24(28)20-9-4-8-19(14-20)21-15-22-10-11-23(16-21)27(22)13-5-12-26-17-18-6-2-1-3-7-18/h1-4,6-9,14,21-23,26H,5,10-13,15-17H2,(H2,25,28)/t21-,22+,23-. The summed E-state index contributed by atoms with van der Waals surface area (Å²) in [5.74, 6) is 0.231. The third-order valence-corrected chi connectivity index (χ3v) is 6.47. The highest BCUT2D eigenvalue weighted by molar-refractivity contribution is 5.92. The molecule has 2 saturated heterocycles. The summed E-state index contributed by atoms with van der Waals surface area (Å²) in [6.45, 7) is 3.20. The van der Waals surface area contributed by atoms with E-state index < -0.39 is 0 Å². The van der Waals surface area contributed by atoms with Gasteiger partial charge in [-0.2, -0.15) is 0 Å². The molecule has 0 radical (unpaired) electrons. The van der Waals surface area contributed by atoms with Gasteiger partial charge >= 0.3 is 0 Å². The van der Waals surface area contributed by atoms with Crippen LogP contribution in [0.4, 0.5) is 0 Å². The number of benzene rings is 2. The van der Waals surface area contributed by atoms with E-state index in [1.165, 1.54) is 49.8 Å². The lowest BCUT2D eigenvalue weighted by atomic mass is 9.84. The lowest BCUT2D eigenvalue weighted by Crippen LogP contribution is -2.43. The van der Waals surface area contributed by atoms with Gasteiger partial charge in [-0.1, -0.05) is 42.5 Å². The molecule has 4 nitrogen and oxygen atoms in total. The van der Waals surface area contributed by atoms with Crippen LogP contribution in [-0.2, 0) is 6.54 Å². The second-order valence-corrected chi connectivity index (χ2v) is 8.30. The van der Waals surface area contributed by atoms with Gasteiger partial charge in [-0.3, -0.25) is 9.69 Å². The molecule has 4 heteroatoms. The molecule has 2 aliphatic rings. The largest absolute Gasteiger partial charge is 0.366 e. The smallest absolute Gasteiger partial charge is 0.248 e. The van der Waals surface area contributed by atoms with Crippen LogP contribution in [0, 0.1) is 0 Å². The monoisotopic (exact) mass is 377 g/mol. The molecule has 148 valence electrons. The highest BCUT2D eigenvalue weighted by Crippen LogP contribution is 2.43. The molecule has 2 aliphatic heterocycles. The van der Waals surface area contributed by atoms with Crippen molar-refractivity contribution in [2.75, 3.05) is 13.1 Å². The second-order valence-electron chi connectivity index (χ2n) is 8.30. The van der Waals surface area contributed by atoms with Crippen molar-refractivity contribution in [1.82, 2.24) is 10.2 Å². The maximum absolute atomic E-state index is 11.5. The lowest BCUT2D eigenvalue weighted by molar-refractivity contribution is 0.1000. The molecule has 0 saturated carbocycles. The van der Waals surface area contributed by atoms with Crippen molar-refractivity contribution in [3.63, 3.8) is 0 Å². The van der Waals surface area contributed by atoms with E-state index in [1.54, 1.807) is 0 Å². The van der Waals surface area contributed by atoms with Gasteiger partial charge in [0.05, 0.1) is 0 Å².